The van der Waals surface area contributed by atoms with Crippen LogP contribution in [0.25, 0.3) is 22.5 Å². The van der Waals surface area contributed by atoms with Crippen LogP contribution >= 0.6 is 15.9 Å². The molecule has 0 fully saturated rings. The van der Waals surface area contributed by atoms with Gasteiger partial charge in [0.25, 0.3) is 0 Å². The molecule has 3 rings (SSSR count). The van der Waals surface area contributed by atoms with Crippen LogP contribution in [0.5, 0.6) is 0 Å². The lowest BCUT2D eigenvalue weighted by atomic mass is 10.1. The maximum atomic E-state index is 12.2. The van der Waals surface area contributed by atoms with E-state index in [2.05, 4.69) is 15.9 Å². The average Bonchev–Trinajstić information content (AvgIpc) is 2.88. The Kier molecular flexibility index (Phi) is 2.59. The number of aryl methyl sites for hydroxylation is 1. The molecule has 3 nitrogen and oxygen atoms in total. The first-order valence-electron chi connectivity index (χ1n) is 5.43. The van der Waals surface area contributed by atoms with Crippen LogP contribution in [0.1, 0.15) is 5.56 Å². The van der Waals surface area contributed by atoms with Crippen molar-refractivity contribution < 1.29 is 8.83 Å². The fraction of sp³-hybridized carbons (Fsp3) is 0.0714. The summed E-state index contributed by atoms with van der Waals surface area (Å²) in [7, 11) is 0. The summed E-state index contributed by atoms with van der Waals surface area (Å²) in [5, 5.41) is 0.567. The second-order valence-electron chi connectivity index (χ2n) is 4.05. The first kappa shape index (κ1) is 11.3. The van der Waals surface area contributed by atoms with Crippen molar-refractivity contribution in [2.45, 2.75) is 6.92 Å². The van der Waals surface area contributed by atoms with Crippen LogP contribution in [0.3, 0.4) is 0 Å². The van der Waals surface area contributed by atoms with Gasteiger partial charge in [0.15, 0.2) is 11.5 Å². The van der Waals surface area contributed by atoms with Crippen LogP contribution in [-0.2, 0) is 0 Å². The molecule has 0 amide bonds. The van der Waals surface area contributed by atoms with E-state index in [0.717, 1.165) is 5.56 Å². The highest BCUT2D eigenvalue weighted by molar-refractivity contribution is 9.10. The summed E-state index contributed by atoms with van der Waals surface area (Å²) >= 11 is 3.28. The average molecular weight is 305 g/mol. The molecule has 0 N–H and O–H groups in total. The van der Waals surface area contributed by atoms with E-state index >= 15 is 0 Å². The summed E-state index contributed by atoms with van der Waals surface area (Å²) in [5.74, 6) is 0.947. The number of hydrogen-bond donors (Lipinski definition) is 0. The minimum absolute atomic E-state index is 0.0913. The minimum atomic E-state index is -0.0913. The SMILES string of the molecule is Cc1ccc2oc(-c3ccco3)c(Br)c(=O)c2c1. The number of hydrogen-bond acceptors (Lipinski definition) is 3. The Bertz CT molecular complexity index is 770. The van der Waals surface area contributed by atoms with Crippen LogP contribution in [0, 0.1) is 6.92 Å². The molecule has 0 saturated carbocycles. The molecule has 0 saturated heterocycles. The van der Waals surface area contributed by atoms with E-state index in [1.165, 1.54) is 0 Å². The Morgan fingerprint density at radius 3 is 2.78 bits per heavy atom. The Morgan fingerprint density at radius 2 is 2.06 bits per heavy atom. The Morgan fingerprint density at radius 1 is 1.22 bits per heavy atom. The van der Waals surface area contributed by atoms with Crippen molar-refractivity contribution in [3.63, 3.8) is 0 Å². The number of halogens is 1. The normalized spacial score (nSPS) is 11.0. The van der Waals surface area contributed by atoms with Crippen LogP contribution < -0.4 is 5.43 Å². The Labute approximate surface area is 111 Å². The summed E-state index contributed by atoms with van der Waals surface area (Å²) in [5.41, 5.74) is 1.49. The predicted octanol–water partition coefficient (Wildman–Crippen LogP) is 4.12. The molecule has 4 heteroatoms. The predicted molar refractivity (Wildman–Crippen MR) is 72.6 cm³/mol. The molecule has 0 bridgehead atoms. The van der Waals surface area contributed by atoms with Gasteiger partial charge in [-0.25, -0.2) is 0 Å². The second-order valence-corrected chi connectivity index (χ2v) is 4.84. The van der Waals surface area contributed by atoms with Crippen LogP contribution in [-0.4, -0.2) is 0 Å². The largest absolute Gasteiger partial charge is 0.461 e. The molecule has 0 spiro atoms. The van der Waals surface area contributed by atoms with E-state index in [9.17, 15) is 4.79 Å². The standard InChI is InChI=1S/C14H9BrO3/c1-8-4-5-10-9(7-8)13(16)12(15)14(18-10)11-3-2-6-17-11/h2-7H,1H3. The van der Waals surface area contributed by atoms with E-state index < -0.39 is 0 Å². The topological polar surface area (TPSA) is 43.4 Å². The van der Waals surface area contributed by atoms with Crippen molar-refractivity contribution in [3.05, 3.63) is 56.9 Å². The summed E-state index contributed by atoms with van der Waals surface area (Å²) in [4.78, 5) is 12.2. The highest BCUT2D eigenvalue weighted by Crippen LogP contribution is 2.29. The third-order valence-electron chi connectivity index (χ3n) is 2.74. The van der Waals surface area contributed by atoms with E-state index in [-0.39, 0.29) is 5.43 Å². The van der Waals surface area contributed by atoms with Crippen LogP contribution in [0.15, 0.2) is 54.7 Å². The molecule has 2 heterocycles. The second kappa shape index (κ2) is 4.14. The molecular formula is C14H9BrO3. The third kappa shape index (κ3) is 1.69. The number of furan rings is 1. The lowest BCUT2D eigenvalue weighted by Crippen LogP contribution is -2.04. The van der Waals surface area contributed by atoms with Crippen LogP contribution in [0.4, 0.5) is 0 Å². The summed E-state index contributed by atoms with van der Waals surface area (Å²) in [6.07, 6.45) is 1.54. The van der Waals surface area contributed by atoms with Gasteiger partial charge in [0.2, 0.25) is 5.43 Å². The molecule has 2 aromatic heterocycles. The van der Waals surface area contributed by atoms with Gasteiger partial charge in [-0.2, -0.15) is 0 Å². The zero-order chi connectivity index (χ0) is 12.7. The number of benzene rings is 1. The maximum Gasteiger partial charge on any atom is 0.207 e. The van der Waals surface area contributed by atoms with Gasteiger partial charge in [0.05, 0.1) is 11.6 Å². The lowest BCUT2D eigenvalue weighted by Gasteiger charge is -2.04. The summed E-state index contributed by atoms with van der Waals surface area (Å²) in [6.45, 7) is 1.94. The van der Waals surface area contributed by atoms with Gasteiger partial charge in [-0.15, -0.1) is 0 Å². The molecule has 0 aliphatic rings. The summed E-state index contributed by atoms with van der Waals surface area (Å²) < 4.78 is 11.4. The molecule has 0 atom stereocenters. The zero-order valence-electron chi connectivity index (χ0n) is 9.57. The Hall–Kier alpha value is -1.81. The van der Waals surface area contributed by atoms with E-state index in [1.54, 1.807) is 24.5 Å². The molecule has 0 aliphatic heterocycles. The molecular weight excluding hydrogens is 296 g/mol. The molecule has 3 aromatic rings. The molecule has 18 heavy (non-hydrogen) atoms. The smallest absolute Gasteiger partial charge is 0.207 e. The van der Waals surface area contributed by atoms with E-state index in [1.807, 2.05) is 19.1 Å². The van der Waals surface area contributed by atoms with Crippen LogP contribution in [0.2, 0.25) is 0 Å². The van der Waals surface area contributed by atoms with Gasteiger partial charge in [-0.3, -0.25) is 4.79 Å². The van der Waals surface area contributed by atoms with E-state index in [4.69, 9.17) is 8.83 Å². The molecule has 1 aromatic carbocycles. The first-order valence-corrected chi connectivity index (χ1v) is 6.23. The lowest BCUT2D eigenvalue weighted by molar-refractivity contribution is 0.535. The monoisotopic (exact) mass is 304 g/mol. The molecule has 0 radical (unpaired) electrons. The van der Waals surface area contributed by atoms with Crippen molar-refractivity contribution in [1.29, 1.82) is 0 Å². The minimum Gasteiger partial charge on any atom is -0.461 e. The highest BCUT2D eigenvalue weighted by atomic mass is 79.9. The quantitative estimate of drug-likeness (QED) is 0.679. The highest BCUT2D eigenvalue weighted by Gasteiger charge is 2.15. The van der Waals surface area contributed by atoms with Gasteiger partial charge >= 0.3 is 0 Å². The Balaban J connectivity index is 2.40. The molecule has 0 aliphatic carbocycles. The van der Waals surface area contributed by atoms with Gasteiger partial charge < -0.3 is 8.83 Å². The summed E-state index contributed by atoms with van der Waals surface area (Å²) in [6, 6.07) is 9.03. The van der Waals surface area contributed by atoms with Crippen molar-refractivity contribution in [2.75, 3.05) is 0 Å². The number of fused-ring (bicyclic) bond motifs is 1. The fourth-order valence-corrected chi connectivity index (χ4v) is 2.34. The zero-order valence-corrected chi connectivity index (χ0v) is 11.2. The van der Waals surface area contributed by atoms with Gasteiger partial charge in [-0.05, 0) is 47.1 Å². The van der Waals surface area contributed by atoms with Gasteiger partial charge in [0.1, 0.15) is 10.1 Å². The van der Waals surface area contributed by atoms with Crippen molar-refractivity contribution in [2.24, 2.45) is 0 Å². The van der Waals surface area contributed by atoms with Gasteiger partial charge in [0, 0.05) is 0 Å². The van der Waals surface area contributed by atoms with Crippen molar-refractivity contribution in [1.82, 2.24) is 0 Å². The first-order chi connectivity index (χ1) is 8.66. The molecule has 0 unspecified atom stereocenters. The molecule has 90 valence electrons. The van der Waals surface area contributed by atoms with Crippen molar-refractivity contribution in [3.8, 4) is 11.5 Å². The maximum absolute atomic E-state index is 12.2. The van der Waals surface area contributed by atoms with Gasteiger partial charge in [-0.1, -0.05) is 11.6 Å². The number of rotatable bonds is 1. The van der Waals surface area contributed by atoms with E-state index in [0.29, 0.717) is 27.0 Å². The third-order valence-corrected chi connectivity index (χ3v) is 3.46. The fourth-order valence-electron chi connectivity index (χ4n) is 1.85. The van der Waals surface area contributed by atoms with Crippen molar-refractivity contribution >= 4 is 26.9 Å².